The number of amides is 1. The first kappa shape index (κ1) is 13.1. The van der Waals surface area contributed by atoms with Crippen molar-refractivity contribution in [3.63, 3.8) is 0 Å². The molecule has 0 bridgehead atoms. The van der Waals surface area contributed by atoms with Gasteiger partial charge in [-0.1, -0.05) is 18.1 Å². The molecule has 0 N–H and O–H groups in total. The first-order valence-corrected chi connectivity index (χ1v) is 6.67. The van der Waals surface area contributed by atoms with Crippen LogP contribution in [0.2, 0.25) is 0 Å². The zero-order valence-corrected chi connectivity index (χ0v) is 11.1. The fourth-order valence-corrected chi connectivity index (χ4v) is 2.32. The van der Waals surface area contributed by atoms with Crippen LogP contribution in [0.4, 0.5) is 4.39 Å². The number of hydrogen-bond acceptors (Lipinski definition) is 1. The van der Waals surface area contributed by atoms with Crippen LogP contribution in [-0.2, 0) is 0 Å². The Morgan fingerprint density at radius 3 is 2.72 bits per heavy atom. The number of carbonyl (C=O) groups is 1. The molecule has 1 fully saturated rings. The minimum atomic E-state index is -0.419. The van der Waals surface area contributed by atoms with Crippen LogP contribution in [0.5, 0.6) is 0 Å². The van der Waals surface area contributed by atoms with Crippen molar-refractivity contribution in [2.75, 3.05) is 13.1 Å². The fourth-order valence-electron chi connectivity index (χ4n) is 2.32. The molecule has 0 aromatic heterocycles. The van der Waals surface area contributed by atoms with E-state index in [9.17, 15) is 9.18 Å². The van der Waals surface area contributed by atoms with E-state index >= 15 is 0 Å². The Labute approximate surface area is 108 Å². The second kappa shape index (κ2) is 5.51. The highest BCUT2D eigenvalue weighted by molar-refractivity contribution is 5.94. The lowest BCUT2D eigenvalue weighted by Gasteiger charge is -2.32. The van der Waals surface area contributed by atoms with Crippen LogP contribution in [-0.4, -0.2) is 23.9 Å². The number of halogens is 1. The normalized spacial score (nSPS) is 15.3. The minimum absolute atomic E-state index is 0.175. The zero-order chi connectivity index (χ0) is 13.1. The van der Waals surface area contributed by atoms with Gasteiger partial charge < -0.3 is 4.90 Å². The van der Waals surface area contributed by atoms with Gasteiger partial charge in [-0.25, -0.2) is 4.39 Å². The number of nitrogens with zero attached hydrogens (tertiary/aromatic N) is 1. The summed E-state index contributed by atoms with van der Waals surface area (Å²) in [6.45, 7) is 5.23. The maximum Gasteiger partial charge on any atom is 0.256 e. The largest absolute Gasteiger partial charge is 0.339 e. The molecule has 1 aromatic carbocycles. The Kier molecular flexibility index (Phi) is 4.00. The first-order chi connectivity index (χ1) is 8.61. The summed E-state index contributed by atoms with van der Waals surface area (Å²) in [4.78, 5) is 14.1. The molecule has 2 nitrogen and oxygen atoms in total. The average molecular weight is 249 g/mol. The third-order valence-electron chi connectivity index (χ3n) is 3.72. The lowest BCUT2D eigenvalue weighted by Crippen LogP contribution is -2.37. The molecule has 1 amide bonds. The number of carbonyl (C=O) groups excluding carboxylic acids is 1. The summed E-state index contributed by atoms with van der Waals surface area (Å²) in [7, 11) is 0. The molecule has 0 saturated heterocycles. The van der Waals surface area contributed by atoms with Gasteiger partial charge in [-0.3, -0.25) is 4.79 Å². The third kappa shape index (κ3) is 2.71. The molecular formula is C15H20FNO. The van der Waals surface area contributed by atoms with Gasteiger partial charge in [0.05, 0.1) is 5.56 Å². The average Bonchev–Trinajstić information content (AvgIpc) is 2.30. The predicted molar refractivity (Wildman–Crippen MR) is 70.1 cm³/mol. The number of hydrogen-bond donors (Lipinski definition) is 0. The summed E-state index contributed by atoms with van der Waals surface area (Å²) in [6, 6.07) is 4.70. The van der Waals surface area contributed by atoms with Crippen molar-refractivity contribution in [3.8, 4) is 0 Å². The van der Waals surface area contributed by atoms with E-state index in [0.29, 0.717) is 12.5 Å². The highest BCUT2D eigenvalue weighted by Crippen LogP contribution is 2.27. The molecule has 0 atom stereocenters. The van der Waals surface area contributed by atoms with Crippen molar-refractivity contribution in [1.82, 2.24) is 4.90 Å². The quantitative estimate of drug-likeness (QED) is 0.801. The second-order valence-corrected chi connectivity index (χ2v) is 5.12. The van der Waals surface area contributed by atoms with E-state index in [1.54, 1.807) is 17.0 Å². The number of aryl methyl sites for hydroxylation is 1. The van der Waals surface area contributed by atoms with Crippen molar-refractivity contribution in [2.24, 2.45) is 5.92 Å². The maximum atomic E-state index is 13.7. The number of benzene rings is 1. The van der Waals surface area contributed by atoms with Crippen molar-refractivity contribution in [2.45, 2.75) is 33.1 Å². The van der Waals surface area contributed by atoms with E-state index in [1.807, 2.05) is 13.8 Å². The summed E-state index contributed by atoms with van der Waals surface area (Å²) in [6.07, 6.45) is 3.65. The molecule has 1 aliphatic carbocycles. The van der Waals surface area contributed by atoms with Crippen LogP contribution in [0.3, 0.4) is 0 Å². The molecule has 2 rings (SSSR count). The van der Waals surface area contributed by atoms with E-state index < -0.39 is 5.82 Å². The molecule has 0 heterocycles. The SMILES string of the molecule is CCN(CC1CCC1)C(=O)c1cc(C)ccc1F. The molecule has 0 spiro atoms. The Morgan fingerprint density at radius 1 is 1.44 bits per heavy atom. The van der Waals surface area contributed by atoms with Crippen LogP contribution in [0.15, 0.2) is 18.2 Å². The molecule has 0 radical (unpaired) electrons. The Morgan fingerprint density at radius 2 is 2.17 bits per heavy atom. The lowest BCUT2D eigenvalue weighted by atomic mass is 9.85. The van der Waals surface area contributed by atoms with Gasteiger partial charge in [0.25, 0.3) is 5.91 Å². The monoisotopic (exact) mass is 249 g/mol. The molecule has 0 unspecified atom stereocenters. The topological polar surface area (TPSA) is 20.3 Å². The molecule has 0 aliphatic heterocycles. The molecule has 1 aliphatic rings. The summed E-state index contributed by atoms with van der Waals surface area (Å²) in [5.74, 6) is 0.0185. The Hall–Kier alpha value is -1.38. The Balaban J connectivity index is 2.14. The summed E-state index contributed by atoms with van der Waals surface area (Å²) in [5, 5.41) is 0. The van der Waals surface area contributed by atoms with E-state index in [0.717, 1.165) is 12.1 Å². The zero-order valence-electron chi connectivity index (χ0n) is 11.1. The van der Waals surface area contributed by atoms with Gasteiger partial charge in [0.1, 0.15) is 5.82 Å². The van der Waals surface area contributed by atoms with Gasteiger partial charge in [0.2, 0.25) is 0 Å². The van der Waals surface area contributed by atoms with Crippen LogP contribution in [0.25, 0.3) is 0 Å². The van der Waals surface area contributed by atoms with Gasteiger partial charge in [-0.05, 0) is 44.7 Å². The molecule has 3 heteroatoms. The van der Waals surface area contributed by atoms with Crippen molar-refractivity contribution >= 4 is 5.91 Å². The standard InChI is InChI=1S/C15H20FNO/c1-3-17(10-12-5-4-6-12)15(18)13-9-11(2)7-8-14(13)16/h7-9,12H,3-6,10H2,1-2H3. The van der Waals surface area contributed by atoms with Gasteiger partial charge in [0.15, 0.2) is 0 Å². The highest BCUT2D eigenvalue weighted by atomic mass is 19.1. The fraction of sp³-hybridized carbons (Fsp3) is 0.533. The molecular weight excluding hydrogens is 229 g/mol. The summed E-state index contributed by atoms with van der Waals surface area (Å²) in [5.41, 5.74) is 1.12. The molecule has 1 aromatic rings. The predicted octanol–water partition coefficient (Wildman–Crippen LogP) is 3.40. The first-order valence-electron chi connectivity index (χ1n) is 6.67. The summed E-state index contributed by atoms with van der Waals surface area (Å²) >= 11 is 0. The smallest absolute Gasteiger partial charge is 0.256 e. The van der Waals surface area contributed by atoms with Gasteiger partial charge >= 0.3 is 0 Å². The number of rotatable bonds is 4. The molecule has 18 heavy (non-hydrogen) atoms. The van der Waals surface area contributed by atoms with E-state index in [1.165, 1.54) is 25.3 Å². The highest BCUT2D eigenvalue weighted by Gasteiger charge is 2.24. The minimum Gasteiger partial charge on any atom is -0.339 e. The maximum absolute atomic E-state index is 13.7. The van der Waals surface area contributed by atoms with Crippen LogP contribution in [0, 0.1) is 18.7 Å². The van der Waals surface area contributed by atoms with Crippen molar-refractivity contribution in [3.05, 3.63) is 35.1 Å². The van der Waals surface area contributed by atoms with E-state index in [-0.39, 0.29) is 11.5 Å². The Bertz CT molecular complexity index is 440. The third-order valence-corrected chi connectivity index (χ3v) is 3.72. The lowest BCUT2D eigenvalue weighted by molar-refractivity contribution is 0.0701. The van der Waals surface area contributed by atoms with E-state index in [4.69, 9.17) is 0 Å². The molecule has 1 saturated carbocycles. The van der Waals surface area contributed by atoms with Crippen LogP contribution < -0.4 is 0 Å². The van der Waals surface area contributed by atoms with Gasteiger partial charge in [-0.15, -0.1) is 0 Å². The van der Waals surface area contributed by atoms with Crippen LogP contribution in [0.1, 0.15) is 42.1 Å². The molecule has 98 valence electrons. The van der Waals surface area contributed by atoms with Crippen molar-refractivity contribution < 1.29 is 9.18 Å². The second-order valence-electron chi connectivity index (χ2n) is 5.12. The summed E-state index contributed by atoms with van der Waals surface area (Å²) < 4.78 is 13.7. The van der Waals surface area contributed by atoms with Crippen molar-refractivity contribution in [1.29, 1.82) is 0 Å². The van der Waals surface area contributed by atoms with Gasteiger partial charge in [0, 0.05) is 13.1 Å². The van der Waals surface area contributed by atoms with Crippen LogP contribution >= 0.6 is 0 Å². The van der Waals surface area contributed by atoms with E-state index in [2.05, 4.69) is 0 Å². The van der Waals surface area contributed by atoms with Gasteiger partial charge in [-0.2, -0.15) is 0 Å².